The molecule has 2 atom stereocenters. The second-order valence-electron chi connectivity index (χ2n) is 3.86. The van der Waals surface area contributed by atoms with E-state index < -0.39 is 0 Å². The standard InChI is InChI=1S/C12H17NO3/c1-14-10-4-3-8(7-11(10)15-2)12-9(13)5-6-16-12/h3-4,7,9,12H,5-6,13H2,1-2H3. The molecular formula is C12H17NO3. The van der Waals surface area contributed by atoms with Crippen LogP contribution >= 0.6 is 0 Å². The molecule has 16 heavy (non-hydrogen) atoms. The SMILES string of the molecule is COc1ccc(C2OCCC2N)cc1OC. The Hall–Kier alpha value is -1.26. The van der Waals surface area contributed by atoms with E-state index in [1.807, 2.05) is 18.2 Å². The Bertz CT molecular complexity index is 367. The zero-order chi connectivity index (χ0) is 11.5. The quantitative estimate of drug-likeness (QED) is 0.843. The van der Waals surface area contributed by atoms with Crippen LogP contribution in [0.3, 0.4) is 0 Å². The summed E-state index contributed by atoms with van der Waals surface area (Å²) in [4.78, 5) is 0. The van der Waals surface area contributed by atoms with Crippen LogP contribution in [0.5, 0.6) is 11.5 Å². The van der Waals surface area contributed by atoms with Gasteiger partial charge in [-0.1, -0.05) is 6.07 Å². The highest BCUT2D eigenvalue weighted by Crippen LogP contribution is 2.34. The molecule has 2 N–H and O–H groups in total. The van der Waals surface area contributed by atoms with Crippen molar-refractivity contribution in [1.29, 1.82) is 0 Å². The Morgan fingerprint density at radius 2 is 2.00 bits per heavy atom. The number of methoxy groups -OCH3 is 2. The number of hydrogen-bond acceptors (Lipinski definition) is 4. The van der Waals surface area contributed by atoms with E-state index in [1.54, 1.807) is 14.2 Å². The van der Waals surface area contributed by atoms with Gasteiger partial charge in [0.1, 0.15) is 0 Å². The number of ether oxygens (including phenoxy) is 3. The summed E-state index contributed by atoms with van der Waals surface area (Å²) in [5.74, 6) is 1.43. The summed E-state index contributed by atoms with van der Waals surface area (Å²) in [6.45, 7) is 0.722. The summed E-state index contributed by atoms with van der Waals surface area (Å²) in [6.07, 6.45) is 0.874. The molecule has 1 saturated heterocycles. The summed E-state index contributed by atoms with van der Waals surface area (Å²) in [7, 11) is 3.24. The molecule has 0 bridgehead atoms. The van der Waals surface area contributed by atoms with Crippen LogP contribution in [-0.2, 0) is 4.74 Å². The van der Waals surface area contributed by atoms with Crippen LogP contribution in [0, 0.1) is 0 Å². The molecule has 0 amide bonds. The van der Waals surface area contributed by atoms with Crippen molar-refractivity contribution in [2.75, 3.05) is 20.8 Å². The van der Waals surface area contributed by atoms with E-state index in [0.29, 0.717) is 5.75 Å². The van der Waals surface area contributed by atoms with Gasteiger partial charge < -0.3 is 19.9 Å². The molecule has 0 saturated carbocycles. The molecule has 4 nitrogen and oxygen atoms in total. The van der Waals surface area contributed by atoms with Crippen LogP contribution in [0.25, 0.3) is 0 Å². The molecule has 4 heteroatoms. The van der Waals surface area contributed by atoms with Crippen LogP contribution < -0.4 is 15.2 Å². The lowest BCUT2D eigenvalue weighted by Crippen LogP contribution is -2.23. The Kier molecular flexibility index (Phi) is 3.31. The lowest BCUT2D eigenvalue weighted by Gasteiger charge is -2.16. The molecule has 88 valence electrons. The molecular weight excluding hydrogens is 206 g/mol. The van der Waals surface area contributed by atoms with E-state index in [1.165, 1.54) is 0 Å². The molecule has 0 radical (unpaired) electrons. The second kappa shape index (κ2) is 4.72. The summed E-state index contributed by atoms with van der Waals surface area (Å²) in [5.41, 5.74) is 7.02. The molecule has 1 aliphatic rings. The number of benzene rings is 1. The average Bonchev–Trinajstić information content (AvgIpc) is 2.74. The third-order valence-corrected chi connectivity index (χ3v) is 2.87. The minimum absolute atomic E-state index is 0.0280. The highest BCUT2D eigenvalue weighted by atomic mass is 16.5. The number of hydrogen-bond donors (Lipinski definition) is 1. The minimum atomic E-state index is -0.0280. The maximum absolute atomic E-state index is 5.98. The molecule has 2 unspecified atom stereocenters. The molecule has 1 fully saturated rings. The van der Waals surface area contributed by atoms with Gasteiger partial charge in [0.25, 0.3) is 0 Å². The first-order valence-electron chi connectivity index (χ1n) is 5.35. The maximum atomic E-state index is 5.98. The summed E-state index contributed by atoms with van der Waals surface area (Å²) in [6, 6.07) is 5.84. The topological polar surface area (TPSA) is 53.7 Å². The van der Waals surface area contributed by atoms with Gasteiger partial charge in [0.05, 0.1) is 20.3 Å². The van der Waals surface area contributed by atoms with Gasteiger partial charge in [0, 0.05) is 12.6 Å². The molecule has 1 aromatic rings. The Labute approximate surface area is 95.3 Å². The first kappa shape index (κ1) is 11.2. The monoisotopic (exact) mass is 223 g/mol. The number of rotatable bonds is 3. The normalized spacial score (nSPS) is 24.4. The fraction of sp³-hybridized carbons (Fsp3) is 0.500. The highest BCUT2D eigenvalue weighted by Gasteiger charge is 2.27. The molecule has 0 spiro atoms. The Balaban J connectivity index is 2.28. The van der Waals surface area contributed by atoms with Gasteiger partial charge in [0.15, 0.2) is 11.5 Å². The van der Waals surface area contributed by atoms with Crippen molar-refractivity contribution >= 4 is 0 Å². The first-order valence-corrected chi connectivity index (χ1v) is 5.35. The predicted molar refractivity (Wildman–Crippen MR) is 60.8 cm³/mol. The fourth-order valence-corrected chi connectivity index (χ4v) is 1.98. The van der Waals surface area contributed by atoms with Gasteiger partial charge in [0.2, 0.25) is 0 Å². The maximum Gasteiger partial charge on any atom is 0.161 e. The minimum Gasteiger partial charge on any atom is -0.493 e. The van der Waals surface area contributed by atoms with E-state index in [9.17, 15) is 0 Å². The van der Waals surface area contributed by atoms with Crippen LogP contribution in [0.4, 0.5) is 0 Å². The summed E-state index contributed by atoms with van der Waals surface area (Å²) in [5, 5.41) is 0. The zero-order valence-electron chi connectivity index (χ0n) is 9.60. The van der Waals surface area contributed by atoms with Crippen molar-refractivity contribution in [2.24, 2.45) is 5.73 Å². The zero-order valence-corrected chi connectivity index (χ0v) is 9.60. The van der Waals surface area contributed by atoms with Crippen LogP contribution in [0.2, 0.25) is 0 Å². The molecule has 1 heterocycles. The largest absolute Gasteiger partial charge is 0.493 e. The van der Waals surface area contributed by atoms with Crippen LogP contribution in [0.15, 0.2) is 18.2 Å². The van der Waals surface area contributed by atoms with E-state index >= 15 is 0 Å². The van der Waals surface area contributed by atoms with Gasteiger partial charge in [-0.25, -0.2) is 0 Å². The second-order valence-corrected chi connectivity index (χ2v) is 3.86. The molecule has 2 rings (SSSR count). The lowest BCUT2D eigenvalue weighted by molar-refractivity contribution is 0.105. The van der Waals surface area contributed by atoms with Crippen molar-refractivity contribution < 1.29 is 14.2 Å². The predicted octanol–water partition coefficient (Wildman–Crippen LogP) is 1.49. The van der Waals surface area contributed by atoms with Gasteiger partial charge in [-0.3, -0.25) is 0 Å². The van der Waals surface area contributed by atoms with Gasteiger partial charge >= 0.3 is 0 Å². The van der Waals surface area contributed by atoms with Crippen molar-refractivity contribution in [3.63, 3.8) is 0 Å². The smallest absolute Gasteiger partial charge is 0.161 e. The molecule has 0 aliphatic carbocycles. The molecule has 1 aliphatic heterocycles. The van der Waals surface area contributed by atoms with Crippen molar-refractivity contribution in [1.82, 2.24) is 0 Å². The van der Waals surface area contributed by atoms with Gasteiger partial charge in [-0.2, -0.15) is 0 Å². The Morgan fingerprint density at radius 3 is 2.56 bits per heavy atom. The third-order valence-electron chi connectivity index (χ3n) is 2.87. The van der Waals surface area contributed by atoms with E-state index in [2.05, 4.69) is 0 Å². The highest BCUT2D eigenvalue weighted by molar-refractivity contribution is 5.43. The van der Waals surface area contributed by atoms with Crippen molar-refractivity contribution in [3.05, 3.63) is 23.8 Å². The van der Waals surface area contributed by atoms with Crippen molar-refractivity contribution in [2.45, 2.75) is 18.6 Å². The molecule has 0 aromatic heterocycles. The van der Waals surface area contributed by atoms with E-state index in [0.717, 1.165) is 24.3 Å². The average molecular weight is 223 g/mol. The summed E-state index contributed by atoms with van der Waals surface area (Å²) < 4.78 is 16.0. The summed E-state index contributed by atoms with van der Waals surface area (Å²) >= 11 is 0. The van der Waals surface area contributed by atoms with Crippen molar-refractivity contribution in [3.8, 4) is 11.5 Å². The number of nitrogens with two attached hydrogens (primary N) is 1. The van der Waals surface area contributed by atoms with Crippen LogP contribution in [-0.4, -0.2) is 26.9 Å². The van der Waals surface area contributed by atoms with E-state index in [-0.39, 0.29) is 12.1 Å². The van der Waals surface area contributed by atoms with Gasteiger partial charge in [-0.05, 0) is 24.1 Å². The van der Waals surface area contributed by atoms with Crippen LogP contribution in [0.1, 0.15) is 18.1 Å². The van der Waals surface area contributed by atoms with E-state index in [4.69, 9.17) is 19.9 Å². The third kappa shape index (κ3) is 1.99. The fourth-order valence-electron chi connectivity index (χ4n) is 1.98. The lowest BCUT2D eigenvalue weighted by atomic mass is 10.0. The first-order chi connectivity index (χ1) is 7.76. The van der Waals surface area contributed by atoms with Gasteiger partial charge in [-0.15, -0.1) is 0 Å². The Morgan fingerprint density at radius 1 is 1.25 bits per heavy atom. The molecule has 1 aromatic carbocycles.